The molecular weight excluding hydrogens is 230 g/mol. The second-order valence-electron chi connectivity index (χ2n) is 3.91. The number of hydrogen-bond acceptors (Lipinski definition) is 5. The van der Waals surface area contributed by atoms with Gasteiger partial charge in [0.05, 0.1) is 23.6 Å². The van der Waals surface area contributed by atoms with E-state index in [1.807, 2.05) is 30.3 Å². The molecule has 0 spiro atoms. The smallest absolute Gasteiger partial charge is 0.0829 e. The van der Waals surface area contributed by atoms with Crippen molar-refractivity contribution >= 4 is 0 Å². The lowest BCUT2D eigenvalue weighted by Crippen LogP contribution is -2.30. The first-order chi connectivity index (χ1) is 8.86. The van der Waals surface area contributed by atoms with Gasteiger partial charge < -0.3 is 4.74 Å². The van der Waals surface area contributed by atoms with E-state index in [1.165, 1.54) is 0 Å². The van der Waals surface area contributed by atoms with Crippen LogP contribution in [0.15, 0.2) is 36.5 Å². The van der Waals surface area contributed by atoms with Crippen LogP contribution in [0, 0.1) is 0 Å². The Balaban J connectivity index is 2.26. The van der Waals surface area contributed by atoms with Crippen molar-refractivity contribution in [2.75, 3.05) is 13.7 Å². The Kier molecular flexibility index (Phi) is 4.40. The molecule has 1 unspecified atom stereocenters. The van der Waals surface area contributed by atoms with Crippen molar-refractivity contribution in [2.24, 2.45) is 5.84 Å². The quantitative estimate of drug-likeness (QED) is 0.583. The van der Waals surface area contributed by atoms with E-state index in [1.54, 1.807) is 18.0 Å². The maximum Gasteiger partial charge on any atom is 0.0829 e. The lowest BCUT2D eigenvalue weighted by Gasteiger charge is -2.16. The standard InChI is InChI=1S/C12H17N5O/c1-18-8-7-11(15-13)12-9-14-16-17(12)10-5-3-2-4-6-10/h2-6,9,11,15H,7-8,13H2,1H3. The largest absolute Gasteiger partial charge is 0.385 e. The summed E-state index contributed by atoms with van der Waals surface area (Å²) in [6.07, 6.45) is 2.47. The average Bonchev–Trinajstić information content (AvgIpc) is 2.90. The van der Waals surface area contributed by atoms with Gasteiger partial charge >= 0.3 is 0 Å². The molecule has 1 atom stereocenters. The van der Waals surface area contributed by atoms with Gasteiger partial charge in [0.15, 0.2) is 0 Å². The molecule has 6 nitrogen and oxygen atoms in total. The monoisotopic (exact) mass is 247 g/mol. The van der Waals surface area contributed by atoms with E-state index >= 15 is 0 Å². The minimum atomic E-state index is -0.0415. The van der Waals surface area contributed by atoms with E-state index in [0.717, 1.165) is 17.8 Å². The van der Waals surface area contributed by atoms with Crippen LogP contribution in [0.3, 0.4) is 0 Å². The summed E-state index contributed by atoms with van der Waals surface area (Å²) in [6, 6.07) is 9.79. The van der Waals surface area contributed by atoms with Crippen molar-refractivity contribution in [3.63, 3.8) is 0 Å². The molecule has 1 aromatic heterocycles. The van der Waals surface area contributed by atoms with Crippen LogP contribution in [0.4, 0.5) is 0 Å². The van der Waals surface area contributed by atoms with Crippen molar-refractivity contribution < 1.29 is 4.74 Å². The Morgan fingerprint density at radius 2 is 2.17 bits per heavy atom. The molecule has 1 aromatic carbocycles. The van der Waals surface area contributed by atoms with Crippen molar-refractivity contribution in [3.8, 4) is 5.69 Å². The highest BCUT2D eigenvalue weighted by Gasteiger charge is 2.16. The minimum absolute atomic E-state index is 0.0415. The summed E-state index contributed by atoms with van der Waals surface area (Å²) in [5, 5.41) is 8.05. The molecule has 0 aliphatic rings. The van der Waals surface area contributed by atoms with E-state index in [9.17, 15) is 0 Å². The highest BCUT2D eigenvalue weighted by Crippen LogP contribution is 2.18. The molecule has 0 aliphatic heterocycles. The van der Waals surface area contributed by atoms with Crippen molar-refractivity contribution in [2.45, 2.75) is 12.5 Å². The summed E-state index contributed by atoms with van der Waals surface area (Å²) in [7, 11) is 1.67. The third-order valence-electron chi connectivity index (χ3n) is 2.75. The van der Waals surface area contributed by atoms with Crippen LogP contribution in [0.1, 0.15) is 18.2 Å². The molecule has 2 aromatic rings. The van der Waals surface area contributed by atoms with Gasteiger partial charge in [-0.25, -0.2) is 4.68 Å². The normalized spacial score (nSPS) is 12.6. The third kappa shape index (κ3) is 2.73. The maximum atomic E-state index is 5.58. The van der Waals surface area contributed by atoms with Crippen LogP contribution in [-0.4, -0.2) is 28.7 Å². The van der Waals surface area contributed by atoms with Gasteiger partial charge in [-0.1, -0.05) is 23.4 Å². The van der Waals surface area contributed by atoms with Gasteiger partial charge in [-0.2, -0.15) is 0 Å². The van der Waals surface area contributed by atoms with Gasteiger partial charge in [-0.05, 0) is 18.6 Å². The third-order valence-corrected chi connectivity index (χ3v) is 2.75. The number of nitrogens with two attached hydrogens (primary N) is 1. The van der Waals surface area contributed by atoms with E-state index < -0.39 is 0 Å². The molecule has 18 heavy (non-hydrogen) atoms. The van der Waals surface area contributed by atoms with Crippen molar-refractivity contribution in [3.05, 3.63) is 42.2 Å². The second-order valence-corrected chi connectivity index (χ2v) is 3.91. The zero-order valence-corrected chi connectivity index (χ0v) is 10.3. The molecule has 0 radical (unpaired) electrons. The fraction of sp³-hybridized carbons (Fsp3) is 0.333. The van der Waals surface area contributed by atoms with Crippen LogP contribution in [0.5, 0.6) is 0 Å². The molecular formula is C12H17N5O. The molecule has 0 bridgehead atoms. The molecule has 96 valence electrons. The highest BCUT2D eigenvalue weighted by molar-refractivity contribution is 5.32. The van der Waals surface area contributed by atoms with E-state index in [2.05, 4.69) is 15.7 Å². The fourth-order valence-electron chi connectivity index (χ4n) is 1.80. The SMILES string of the molecule is COCCC(NN)c1cnnn1-c1ccccc1. The van der Waals surface area contributed by atoms with Gasteiger partial charge in [0.1, 0.15) is 0 Å². The Morgan fingerprint density at radius 1 is 1.39 bits per heavy atom. The van der Waals surface area contributed by atoms with Crippen molar-refractivity contribution in [1.82, 2.24) is 20.4 Å². The molecule has 0 saturated carbocycles. The highest BCUT2D eigenvalue weighted by atomic mass is 16.5. The lowest BCUT2D eigenvalue weighted by molar-refractivity contribution is 0.182. The summed E-state index contributed by atoms with van der Waals surface area (Å²) >= 11 is 0. The summed E-state index contributed by atoms with van der Waals surface area (Å²) in [4.78, 5) is 0. The minimum Gasteiger partial charge on any atom is -0.385 e. The first kappa shape index (κ1) is 12.7. The molecule has 0 amide bonds. The molecule has 2 rings (SSSR count). The first-order valence-corrected chi connectivity index (χ1v) is 5.78. The second kappa shape index (κ2) is 6.25. The zero-order valence-electron chi connectivity index (χ0n) is 10.3. The number of hydrazine groups is 1. The van der Waals surface area contributed by atoms with Gasteiger partial charge in [0.25, 0.3) is 0 Å². The van der Waals surface area contributed by atoms with Crippen LogP contribution < -0.4 is 11.3 Å². The Labute approximate surface area is 106 Å². The van der Waals surface area contributed by atoms with Crippen molar-refractivity contribution in [1.29, 1.82) is 0 Å². The summed E-state index contributed by atoms with van der Waals surface area (Å²) in [6.45, 7) is 0.620. The summed E-state index contributed by atoms with van der Waals surface area (Å²) < 4.78 is 6.85. The molecule has 6 heteroatoms. The number of para-hydroxylation sites is 1. The first-order valence-electron chi connectivity index (χ1n) is 5.78. The van der Waals surface area contributed by atoms with Crippen LogP contribution >= 0.6 is 0 Å². The number of rotatable bonds is 6. The number of benzene rings is 1. The predicted molar refractivity (Wildman–Crippen MR) is 67.9 cm³/mol. The van der Waals surface area contributed by atoms with Gasteiger partial charge in [0.2, 0.25) is 0 Å². The summed E-state index contributed by atoms with van der Waals surface area (Å²) in [5.74, 6) is 5.58. The van der Waals surface area contributed by atoms with Crippen LogP contribution in [-0.2, 0) is 4.74 Å². The fourth-order valence-corrected chi connectivity index (χ4v) is 1.80. The van der Waals surface area contributed by atoms with Crippen LogP contribution in [0.2, 0.25) is 0 Å². The molecule has 3 N–H and O–H groups in total. The number of aromatic nitrogens is 3. The van der Waals surface area contributed by atoms with Gasteiger partial charge in [0, 0.05) is 13.7 Å². The average molecular weight is 247 g/mol. The molecule has 0 fully saturated rings. The van der Waals surface area contributed by atoms with Gasteiger partial charge in [-0.15, -0.1) is 5.10 Å². The molecule has 0 saturated heterocycles. The number of nitrogens with zero attached hydrogens (tertiary/aromatic N) is 3. The van der Waals surface area contributed by atoms with E-state index in [4.69, 9.17) is 10.6 Å². The zero-order chi connectivity index (χ0) is 12.8. The number of ether oxygens (including phenoxy) is 1. The van der Waals surface area contributed by atoms with E-state index in [0.29, 0.717) is 6.61 Å². The lowest BCUT2D eigenvalue weighted by atomic mass is 10.1. The Bertz CT molecular complexity index is 470. The maximum absolute atomic E-state index is 5.58. The Hall–Kier alpha value is -1.76. The van der Waals surface area contributed by atoms with Gasteiger partial charge in [-0.3, -0.25) is 11.3 Å². The van der Waals surface area contributed by atoms with Crippen LogP contribution in [0.25, 0.3) is 5.69 Å². The molecule has 0 aliphatic carbocycles. The molecule has 1 heterocycles. The van der Waals surface area contributed by atoms with E-state index in [-0.39, 0.29) is 6.04 Å². The number of hydrogen-bond donors (Lipinski definition) is 2. The summed E-state index contributed by atoms with van der Waals surface area (Å²) in [5.41, 5.74) is 4.65. The number of methoxy groups -OCH3 is 1. The topological polar surface area (TPSA) is 78.0 Å². The predicted octanol–water partition coefficient (Wildman–Crippen LogP) is 0.808. The Morgan fingerprint density at radius 3 is 2.83 bits per heavy atom. The number of nitrogens with one attached hydrogen (secondary N) is 1.